The lowest BCUT2D eigenvalue weighted by Gasteiger charge is -2.29. The highest BCUT2D eigenvalue weighted by Gasteiger charge is 2.25. The molecule has 0 aromatic heterocycles. The van der Waals surface area contributed by atoms with Gasteiger partial charge in [0.2, 0.25) is 5.91 Å². The lowest BCUT2D eigenvalue weighted by molar-refractivity contribution is -0.133. The monoisotopic (exact) mass is 369 g/mol. The zero-order valence-corrected chi connectivity index (χ0v) is 16.3. The van der Waals surface area contributed by atoms with Gasteiger partial charge in [-0.1, -0.05) is 84.9 Å². The molecular weight excluding hydrogens is 342 g/mol. The Kier molecular flexibility index (Phi) is 5.86. The SMILES string of the molecule is O=C(CC1CCCc2ccccc21)N(Cc1ccccc1)Cc1ccccc1. The summed E-state index contributed by atoms with van der Waals surface area (Å²) in [7, 11) is 0. The third-order valence-corrected chi connectivity index (χ3v) is 5.70. The lowest BCUT2D eigenvalue weighted by Crippen LogP contribution is -2.31. The van der Waals surface area contributed by atoms with E-state index >= 15 is 0 Å². The maximum atomic E-state index is 13.4. The van der Waals surface area contributed by atoms with Crippen LogP contribution in [0.3, 0.4) is 0 Å². The quantitative estimate of drug-likeness (QED) is 0.544. The first-order chi connectivity index (χ1) is 13.8. The molecule has 1 atom stereocenters. The van der Waals surface area contributed by atoms with Crippen LogP contribution in [0.15, 0.2) is 84.9 Å². The van der Waals surface area contributed by atoms with Crippen molar-refractivity contribution >= 4 is 5.91 Å². The molecule has 0 bridgehead atoms. The zero-order valence-electron chi connectivity index (χ0n) is 16.3. The molecule has 0 heterocycles. The van der Waals surface area contributed by atoms with Crippen LogP contribution in [0.1, 0.15) is 47.4 Å². The van der Waals surface area contributed by atoms with E-state index < -0.39 is 0 Å². The van der Waals surface area contributed by atoms with E-state index in [1.165, 1.54) is 28.7 Å². The summed E-state index contributed by atoms with van der Waals surface area (Å²) >= 11 is 0. The molecule has 0 fully saturated rings. The third-order valence-electron chi connectivity index (χ3n) is 5.70. The van der Waals surface area contributed by atoms with Crippen LogP contribution in [-0.2, 0) is 24.3 Å². The van der Waals surface area contributed by atoms with Crippen molar-refractivity contribution in [2.45, 2.75) is 44.7 Å². The molecule has 0 radical (unpaired) electrons. The molecule has 28 heavy (non-hydrogen) atoms. The fourth-order valence-corrected chi connectivity index (χ4v) is 4.25. The van der Waals surface area contributed by atoms with E-state index in [1.807, 2.05) is 41.3 Å². The summed E-state index contributed by atoms with van der Waals surface area (Å²) < 4.78 is 0. The number of hydrogen-bond acceptors (Lipinski definition) is 1. The molecule has 2 nitrogen and oxygen atoms in total. The highest BCUT2D eigenvalue weighted by molar-refractivity contribution is 5.77. The lowest BCUT2D eigenvalue weighted by atomic mass is 9.81. The van der Waals surface area contributed by atoms with Gasteiger partial charge in [-0.3, -0.25) is 4.79 Å². The van der Waals surface area contributed by atoms with Crippen LogP contribution in [0.5, 0.6) is 0 Å². The van der Waals surface area contributed by atoms with Crippen molar-refractivity contribution in [2.75, 3.05) is 0 Å². The first-order valence-corrected chi connectivity index (χ1v) is 10.2. The maximum Gasteiger partial charge on any atom is 0.223 e. The number of rotatable bonds is 6. The predicted molar refractivity (Wildman–Crippen MR) is 114 cm³/mol. The van der Waals surface area contributed by atoms with Gasteiger partial charge in [-0.15, -0.1) is 0 Å². The van der Waals surface area contributed by atoms with Gasteiger partial charge >= 0.3 is 0 Å². The van der Waals surface area contributed by atoms with Crippen molar-refractivity contribution in [3.63, 3.8) is 0 Å². The molecule has 4 rings (SSSR count). The Bertz CT molecular complexity index is 862. The number of amides is 1. The summed E-state index contributed by atoms with van der Waals surface area (Å²) in [4.78, 5) is 15.4. The van der Waals surface area contributed by atoms with Gasteiger partial charge in [-0.05, 0) is 47.4 Å². The summed E-state index contributed by atoms with van der Waals surface area (Å²) in [6, 6.07) is 29.2. The molecule has 0 saturated carbocycles. The van der Waals surface area contributed by atoms with E-state index in [4.69, 9.17) is 0 Å². The minimum absolute atomic E-state index is 0.245. The van der Waals surface area contributed by atoms with Gasteiger partial charge < -0.3 is 4.90 Å². The molecule has 0 N–H and O–H groups in total. The molecule has 1 amide bonds. The Morgan fingerprint density at radius 3 is 2.00 bits per heavy atom. The average Bonchev–Trinajstić information content (AvgIpc) is 2.75. The smallest absolute Gasteiger partial charge is 0.223 e. The highest BCUT2D eigenvalue weighted by atomic mass is 16.2. The van der Waals surface area contributed by atoms with E-state index in [2.05, 4.69) is 48.5 Å². The van der Waals surface area contributed by atoms with Crippen LogP contribution < -0.4 is 0 Å². The minimum atomic E-state index is 0.245. The molecule has 1 unspecified atom stereocenters. The van der Waals surface area contributed by atoms with Crippen LogP contribution >= 0.6 is 0 Å². The van der Waals surface area contributed by atoms with Crippen LogP contribution in [0.25, 0.3) is 0 Å². The van der Waals surface area contributed by atoms with E-state index in [0.717, 1.165) is 12.8 Å². The van der Waals surface area contributed by atoms with Crippen molar-refractivity contribution in [1.29, 1.82) is 0 Å². The van der Waals surface area contributed by atoms with Gasteiger partial charge in [0.15, 0.2) is 0 Å². The van der Waals surface area contributed by atoms with Gasteiger partial charge in [0, 0.05) is 19.5 Å². The van der Waals surface area contributed by atoms with E-state index in [1.54, 1.807) is 0 Å². The van der Waals surface area contributed by atoms with Crippen molar-refractivity contribution in [2.24, 2.45) is 0 Å². The van der Waals surface area contributed by atoms with E-state index in [0.29, 0.717) is 25.4 Å². The van der Waals surface area contributed by atoms with Gasteiger partial charge in [0.1, 0.15) is 0 Å². The standard InChI is InChI=1S/C26H27NO/c28-26(18-24-16-9-15-23-14-7-8-17-25(23)24)27(19-21-10-3-1-4-11-21)20-22-12-5-2-6-13-22/h1-8,10-14,17,24H,9,15-16,18-20H2. The second kappa shape index (κ2) is 8.88. The topological polar surface area (TPSA) is 20.3 Å². The van der Waals surface area contributed by atoms with Crippen LogP contribution in [-0.4, -0.2) is 10.8 Å². The Labute approximate surface area is 167 Å². The fraction of sp³-hybridized carbons (Fsp3) is 0.269. The Morgan fingerprint density at radius 1 is 0.786 bits per heavy atom. The summed E-state index contributed by atoms with van der Waals surface area (Å²) in [6.07, 6.45) is 4.01. The Morgan fingerprint density at radius 2 is 1.36 bits per heavy atom. The summed E-state index contributed by atoms with van der Waals surface area (Å²) in [5.74, 6) is 0.584. The first kappa shape index (κ1) is 18.5. The predicted octanol–water partition coefficient (Wildman–Crippen LogP) is 5.73. The average molecular weight is 370 g/mol. The summed E-state index contributed by atoms with van der Waals surface area (Å²) in [6.45, 7) is 1.31. The number of carbonyl (C=O) groups is 1. The maximum absolute atomic E-state index is 13.4. The first-order valence-electron chi connectivity index (χ1n) is 10.2. The molecule has 1 aliphatic rings. The minimum Gasteiger partial charge on any atom is -0.334 e. The van der Waals surface area contributed by atoms with Gasteiger partial charge in [0.25, 0.3) is 0 Å². The molecule has 1 aliphatic carbocycles. The van der Waals surface area contributed by atoms with E-state index in [9.17, 15) is 4.79 Å². The number of carbonyl (C=O) groups excluding carboxylic acids is 1. The zero-order chi connectivity index (χ0) is 19.2. The second-order valence-corrected chi connectivity index (χ2v) is 7.71. The van der Waals surface area contributed by atoms with Crippen molar-refractivity contribution in [3.8, 4) is 0 Å². The molecule has 3 aromatic carbocycles. The molecule has 142 valence electrons. The van der Waals surface area contributed by atoms with E-state index in [-0.39, 0.29) is 5.91 Å². The molecular formula is C26H27NO. The normalized spacial score (nSPS) is 15.6. The van der Waals surface area contributed by atoms with Crippen molar-refractivity contribution in [3.05, 3.63) is 107 Å². The molecule has 0 spiro atoms. The van der Waals surface area contributed by atoms with Crippen LogP contribution in [0.2, 0.25) is 0 Å². The Balaban J connectivity index is 1.53. The molecule has 3 aromatic rings. The number of nitrogens with zero attached hydrogens (tertiary/aromatic N) is 1. The second-order valence-electron chi connectivity index (χ2n) is 7.71. The largest absolute Gasteiger partial charge is 0.334 e. The van der Waals surface area contributed by atoms with Gasteiger partial charge in [-0.25, -0.2) is 0 Å². The molecule has 2 heteroatoms. The van der Waals surface area contributed by atoms with Gasteiger partial charge in [-0.2, -0.15) is 0 Å². The number of aryl methyl sites for hydroxylation is 1. The van der Waals surface area contributed by atoms with Crippen LogP contribution in [0.4, 0.5) is 0 Å². The van der Waals surface area contributed by atoms with Crippen molar-refractivity contribution in [1.82, 2.24) is 4.90 Å². The number of hydrogen-bond donors (Lipinski definition) is 0. The third kappa shape index (κ3) is 4.51. The van der Waals surface area contributed by atoms with Crippen molar-refractivity contribution < 1.29 is 4.79 Å². The highest BCUT2D eigenvalue weighted by Crippen LogP contribution is 2.34. The Hall–Kier alpha value is -2.87. The number of fused-ring (bicyclic) bond motifs is 1. The van der Waals surface area contributed by atoms with Crippen LogP contribution in [0, 0.1) is 0 Å². The van der Waals surface area contributed by atoms with Gasteiger partial charge in [0.05, 0.1) is 0 Å². The fourth-order valence-electron chi connectivity index (χ4n) is 4.25. The molecule has 0 aliphatic heterocycles. The summed E-state index contributed by atoms with van der Waals surface area (Å²) in [5, 5.41) is 0. The molecule has 0 saturated heterocycles. The number of benzene rings is 3. The summed E-state index contributed by atoms with van der Waals surface area (Å²) in [5.41, 5.74) is 5.15.